The Balaban J connectivity index is 0.000000192. The SMILES string of the molecule is CC(Cc1ccccc1)C(C)Cc1ccccc1.CC(c1ccccc1)C(C)c1ccccc1. The van der Waals surface area contributed by atoms with Crippen molar-refractivity contribution in [1.82, 2.24) is 0 Å². The summed E-state index contributed by atoms with van der Waals surface area (Å²) in [5.74, 6) is 2.55. The molecule has 0 aliphatic rings. The number of rotatable bonds is 8. The van der Waals surface area contributed by atoms with Gasteiger partial charge in [0.15, 0.2) is 0 Å². The van der Waals surface area contributed by atoms with Crippen LogP contribution in [0, 0.1) is 11.8 Å². The number of hydrogen-bond acceptors (Lipinski definition) is 0. The smallest absolute Gasteiger partial charge is 0.0124 e. The second-order valence-electron chi connectivity index (χ2n) is 9.73. The lowest BCUT2D eigenvalue weighted by Gasteiger charge is -2.20. The summed E-state index contributed by atoms with van der Waals surface area (Å²) in [6.07, 6.45) is 2.35. The Morgan fingerprint density at radius 1 is 0.382 bits per heavy atom. The van der Waals surface area contributed by atoms with E-state index in [1.54, 1.807) is 0 Å². The maximum absolute atomic E-state index is 2.36. The minimum absolute atomic E-state index is 0.559. The van der Waals surface area contributed by atoms with Crippen molar-refractivity contribution in [3.8, 4) is 0 Å². The van der Waals surface area contributed by atoms with Crippen LogP contribution < -0.4 is 0 Å². The van der Waals surface area contributed by atoms with Crippen LogP contribution in [-0.4, -0.2) is 0 Å². The molecule has 0 N–H and O–H groups in total. The fraction of sp³-hybridized carbons (Fsp3) is 0.294. The Labute approximate surface area is 207 Å². The van der Waals surface area contributed by atoms with Crippen LogP contribution in [0.25, 0.3) is 0 Å². The van der Waals surface area contributed by atoms with Crippen molar-refractivity contribution in [3.05, 3.63) is 144 Å². The van der Waals surface area contributed by atoms with E-state index in [0.29, 0.717) is 23.7 Å². The van der Waals surface area contributed by atoms with E-state index >= 15 is 0 Å². The predicted octanol–water partition coefficient (Wildman–Crippen LogP) is 9.34. The third-order valence-electron chi connectivity index (χ3n) is 7.17. The highest BCUT2D eigenvalue weighted by atomic mass is 14.2. The first-order valence-corrected chi connectivity index (χ1v) is 12.7. The summed E-state index contributed by atoms with van der Waals surface area (Å²) in [6, 6.07) is 43.1. The lowest BCUT2D eigenvalue weighted by atomic mass is 9.84. The molecule has 0 nitrogen and oxygen atoms in total. The quantitative estimate of drug-likeness (QED) is 0.252. The van der Waals surface area contributed by atoms with Gasteiger partial charge in [0.1, 0.15) is 0 Å². The van der Waals surface area contributed by atoms with Gasteiger partial charge in [-0.05, 0) is 58.8 Å². The molecule has 176 valence electrons. The van der Waals surface area contributed by atoms with Crippen molar-refractivity contribution in [2.24, 2.45) is 11.8 Å². The van der Waals surface area contributed by atoms with Crippen molar-refractivity contribution in [1.29, 1.82) is 0 Å². The minimum atomic E-state index is 0.559. The van der Waals surface area contributed by atoms with Gasteiger partial charge in [0.05, 0.1) is 0 Å². The zero-order valence-electron chi connectivity index (χ0n) is 21.3. The number of hydrogen-bond donors (Lipinski definition) is 0. The Kier molecular flexibility index (Phi) is 10.2. The lowest BCUT2D eigenvalue weighted by Crippen LogP contribution is -2.13. The van der Waals surface area contributed by atoms with Gasteiger partial charge < -0.3 is 0 Å². The highest BCUT2D eigenvalue weighted by Gasteiger charge is 2.15. The van der Waals surface area contributed by atoms with E-state index in [-0.39, 0.29) is 0 Å². The zero-order chi connectivity index (χ0) is 24.2. The molecule has 0 bridgehead atoms. The molecular weight excluding hydrogens is 408 g/mol. The highest BCUT2D eigenvalue weighted by molar-refractivity contribution is 5.27. The monoisotopic (exact) mass is 448 g/mol. The minimum Gasteiger partial charge on any atom is -0.0622 e. The van der Waals surface area contributed by atoms with Crippen molar-refractivity contribution in [2.45, 2.75) is 52.4 Å². The first-order valence-electron chi connectivity index (χ1n) is 12.7. The Morgan fingerprint density at radius 3 is 0.941 bits per heavy atom. The molecule has 0 aromatic heterocycles. The molecule has 0 heteroatoms. The van der Waals surface area contributed by atoms with Gasteiger partial charge in [-0.3, -0.25) is 0 Å². The molecule has 4 rings (SSSR count). The summed E-state index contributed by atoms with van der Waals surface area (Å²) in [5.41, 5.74) is 5.73. The topological polar surface area (TPSA) is 0 Å². The van der Waals surface area contributed by atoms with Crippen LogP contribution in [-0.2, 0) is 12.8 Å². The first-order chi connectivity index (χ1) is 16.5. The third kappa shape index (κ3) is 8.03. The van der Waals surface area contributed by atoms with Gasteiger partial charge in [0, 0.05) is 0 Å². The van der Waals surface area contributed by atoms with E-state index in [0.717, 1.165) is 0 Å². The Hall–Kier alpha value is -3.12. The molecule has 0 radical (unpaired) electrons. The van der Waals surface area contributed by atoms with E-state index < -0.39 is 0 Å². The number of benzene rings is 4. The molecule has 0 spiro atoms. The van der Waals surface area contributed by atoms with Crippen molar-refractivity contribution < 1.29 is 0 Å². The van der Waals surface area contributed by atoms with Crippen LogP contribution in [0.1, 0.15) is 61.8 Å². The van der Waals surface area contributed by atoms with Crippen LogP contribution >= 0.6 is 0 Å². The van der Waals surface area contributed by atoms with Crippen LogP contribution in [0.2, 0.25) is 0 Å². The molecule has 0 aliphatic heterocycles. The average molecular weight is 449 g/mol. The molecule has 0 saturated carbocycles. The predicted molar refractivity (Wildman–Crippen MR) is 148 cm³/mol. The summed E-state index contributed by atoms with van der Waals surface area (Å²) in [6.45, 7) is 9.32. The molecule has 0 amide bonds. The van der Waals surface area contributed by atoms with Crippen LogP contribution in [0.4, 0.5) is 0 Å². The van der Waals surface area contributed by atoms with Crippen LogP contribution in [0.5, 0.6) is 0 Å². The molecule has 4 unspecified atom stereocenters. The molecule has 4 aromatic carbocycles. The van der Waals surface area contributed by atoms with Gasteiger partial charge in [-0.25, -0.2) is 0 Å². The van der Waals surface area contributed by atoms with E-state index in [9.17, 15) is 0 Å². The normalized spacial score (nSPS) is 14.2. The second kappa shape index (κ2) is 13.6. The summed E-state index contributed by atoms with van der Waals surface area (Å²) >= 11 is 0. The Bertz CT molecular complexity index is 949. The third-order valence-corrected chi connectivity index (χ3v) is 7.17. The molecule has 0 saturated heterocycles. The molecule has 0 heterocycles. The van der Waals surface area contributed by atoms with E-state index in [4.69, 9.17) is 0 Å². The van der Waals surface area contributed by atoms with E-state index in [1.165, 1.54) is 35.1 Å². The van der Waals surface area contributed by atoms with Crippen LogP contribution in [0.3, 0.4) is 0 Å². The van der Waals surface area contributed by atoms with Crippen molar-refractivity contribution in [3.63, 3.8) is 0 Å². The first kappa shape index (κ1) is 25.5. The second-order valence-corrected chi connectivity index (χ2v) is 9.73. The van der Waals surface area contributed by atoms with Crippen LogP contribution in [0.15, 0.2) is 121 Å². The molecule has 4 aromatic rings. The highest BCUT2D eigenvalue weighted by Crippen LogP contribution is 2.31. The van der Waals surface area contributed by atoms with E-state index in [2.05, 4.69) is 149 Å². The largest absolute Gasteiger partial charge is 0.0622 e. The van der Waals surface area contributed by atoms with Gasteiger partial charge >= 0.3 is 0 Å². The van der Waals surface area contributed by atoms with Gasteiger partial charge in [0.2, 0.25) is 0 Å². The summed E-state index contributed by atoms with van der Waals surface area (Å²) < 4.78 is 0. The summed E-state index contributed by atoms with van der Waals surface area (Å²) in [4.78, 5) is 0. The molecule has 34 heavy (non-hydrogen) atoms. The van der Waals surface area contributed by atoms with E-state index in [1.807, 2.05) is 0 Å². The maximum atomic E-state index is 2.36. The molecule has 0 aliphatic carbocycles. The van der Waals surface area contributed by atoms with Gasteiger partial charge in [-0.15, -0.1) is 0 Å². The zero-order valence-corrected chi connectivity index (χ0v) is 21.3. The fourth-order valence-corrected chi connectivity index (χ4v) is 4.46. The van der Waals surface area contributed by atoms with Crippen molar-refractivity contribution in [2.75, 3.05) is 0 Å². The van der Waals surface area contributed by atoms with Gasteiger partial charge in [-0.1, -0.05) is 149 Å². The molecular formula is C34H40. The fourth-order valence-electron chi connectivity index (χ4n) is 4.46. The van der Waals surface area contributed by atoms with Crippen molar-refractivity contribution >= 4 is 0 Å². The van der Waals surface area contributed by atoms with Gasteiger partial charge in [0.25, 0.3) is 0 Å². The van der Waals surface area contributed by atoms with Gasteiger partial charge in [-0.2, -0.15) is 0 Å². The standard InChI is InChI=1S/C18H22.C16H18/c1-15(13-17-9-5-3-6-10-17)16(2)14-18-11-7-4-8-12-18;1-13(15-9-5-3-6-10-15)14(2)16-11-7-4-8-12-16/h3-12,15-16H,13-14H2,1-2H3;3-14H,1-2H3. The average Bonchev–Trinajstić information content (AvgIpc) is 2.90. The molecule has 0 fully saturated rings. The molecule has 4 atom stereocenters. The lowest BCUT2D eigenvalue weighted by molar-refractivity contribution is 0.383. The Morgan fingerprint density at radius 2 is 0.647 bits per heavy atom. The summed E-state index contributed by atoms with van der Waals surface area (Å²) in [7, 11) is 0. The summed E-state index contributed by atoms with van der Waals surface area (Å²) in [5, 5.41) is 0. The maximum Gasteiger partial charge on any atom is -0.0124 e.